The van der Waals surface area contributed by atoms with Crippen LogP contribution in [0.2, 0.25) is 0 Å². The fraction of sp³-hybridized carbons (Fsp3) is 0.214. The number of para-hydroxylation sites is 1. The number of carbonyl (C=O) groups excluding carboxylic acids is 1. The number of hydrogen-bond donors (Lipinski definition) is 0. The summed E-state index contributed by atoms with van der Waals surface area (Å²) in [5.74, 6) is 2.35. The van der Waals surface area contributed by atoms with Crippen LogP contribution in [-0.4, -0.2) is 63.7 Å². The SMILES string of the molecule is COc1ccc(-c2nnc3c4ccccc4nc(N4CCN(C(=O)c5cccc(C)c5)CC4)n23)cc1. The van der Waals surface area contributed by atoms with Crippen LogP contribution in [0.1, 0.15) is 15.9 Å². The topological polar surface area (TPSA) is 75.9 Å². The average molecular weight is 479 g/mol. The van der Waals surface area contributed by atoms with Crippen LogP contribution in [-0.2, 0) is 0 Å². The first-order valence-electron chi connectivity index (χ1n) is 12.0. The molecule has 1 aliphatic heterocycles. The van der Waals surface area contributed by atoms with E-state index in [9.17, 15) is 4.79 Å². The van der Waals surface area contributed by atoms with Crippen LogP contribution in [0.5, 0.6) is 5.75 Å². The second-order valence-electron chi connectivity index (χ2n) is 8.99. The van der Waals surface area contributed by atoms with Crippen molar-refractivity contribution < 1.29 is 9.53 Å². The van der Waals surface area contributed by atoms with Crippen LogP contribution in [0, 0.1) is 6.92 Å². The quantitative estimate of drug-likeness (QED) is 0.385. The molecule has 5 aromatic rings. The lowest BCUT2D eigenvalue weighted by Crippen LogP contribution is -2.49. The summed E-state index contributed by atoms with van der Waals surface area (Å²) in [6, 6.07) is 23.5. The molecule has 0 bridgehead atoms. The molecular formula is C28H26N6O2. The molecule has 1 aliphatic rings. The number of rotatable bonds is 4. The summed E-state index contributed by atoms with van der Waals surface area (Å²) in [5, 5.41) is 10.1. The molecule has 0 aliphatic carbocycles. The van der Waals surface area contributed by atoms with Crippen molar-refractivity contribution in [3.8, 4) is 17.1 Å². The summed E-state index contributed by atoms with van der Waals surface area (Å²) in [7, 11) is 1.65. The monoisotopic (exact) mass is 478 g/mol. The maximum atomic E-state index is 13.1. The molecule has 0 saturated carbocycles. The fourth-order valence-electron chi connectivity index (χ4n) is 4.78. The minimum absolute atomic E-state index is 0.0678. The average Bonchev–Trinajstić information content (AvgIpc) is 3.38. The molecule has 8 heteroatoms. The number of nitrogens with zero attached hydrogens (tertiary/aromatic N) is 6. The molecule has 36 heavy (non-hydrogen) atoms. The van der Waals surface area contributed by atoms with Gasteiger partial charge in [-0.05, 0) is 55.5 Å². The Morgan fingerprint density at radius 3 is 2.42 bits per heavy atom. The van der Waals surface area contributed by atoms with Crippen LogP contribution in [0.3, 0.4) is 0 Å². The molecule has 2 aromatic heterocycles. The Labute approximate surface area is 208 Å². The van der Waals surface area contributed by atoms with Crippen LogP contribution in [0.4, 0.5) is 5.95 Å². The van der Waals surface area contributed by atoms with Gasteiger partial charge in [0.25, 0.3) is 5.91 Å². The predicted molar refractivity (Wildman–Crippen MR) is 140 cm³/mol. The summed E-state index contributed by atoms with van der Waals surface area (Å²) in [5.41, 5.74) is 4.37. The number of benzene rings is 3. The minimum Gasteiger partial charge on any atom is -0.497 e. The summed E-state index contributed by atoms with van der Waals surface area (Å²) < 4.78 is 7.35. The van der Waals surface area contributed by atoms with Crippen LogP contribution >= 0.6 is 0 Å². The van der Waals surface area contributed by atoms with E-state index in [1.54, 1.807) is 7.11 Å². The Bertz CT molecular complexity index is 1570. The molecule has 3 aromatic carbocycles. The second-order valence-corrected chi connectivity index (χ2v) is 8.99. The van der Waals surface area contributed by atoms with Gasteiger partial charge in [-0.15, -0.1) is 10.2 Å². The predicted octanol–water partition coefficient (Wildman–Crippen LogP) is 4.22. The number of piperazine rings is 1. The van der Waals surface area contributed by atoms with E-state index in [2.05, 4.69) is 15.1 Å². The zero-order chi connectivity index (χ0) is 24.6. The molecule has 3 heterocycles. The molecular weight excluding hydrogens is 452 g/mol. The Balaban J connectivity index is 1.37. The summed E-state index contributed by atoms with van der Waals surface area (Å²) in [6.45, 7) is 4.56. The molecule has 0 N–H and O–H groups in total. The van der Waals surface area contributed by atoms with E-state index in [0.717, 1.165) is 50.8 Å². The maximum Gasteiger partial charge on any atom is 0.253 e. The summed E-state index contributed by atoms with van der Waals surface area (Å²) >= 11 is 0. The van der Waals surface area contributed by atoms with Crippen LogP contribution in [0.25, 0.3) is 27.9 Å². The molecule has 0 radical (unpaired) electrons. The highest BCUT2D eigenvalue weighted by Gasteiger charge is 2.26. The third-order valence-corrected chi connectivity index (χ3v) is 6.69. The van der Waals surface area contributed by atoms with E-state index in [-0.39, 0.29) is 5.91 Å². The standard InChI is InChI=1S/C28H26N6O2/c1-19-6-5-7-21(18-19)27(35)32-14-16-33(17-15-32)28-29-24-9-4-3-8-23(24)26-31-30-25(34(26)28)20-10-12-22(36-2)13-11-20/h3-13,18H,14-17H2,1-2H3. The second kappa shape index (κ2) is 8.96. The van der Waals surface area contributed by atoms with Gasteiger partial charge in [-0.3, -0.25) is 4.79 Å². The Kier molecular flexibility index (Phi) is 5.48. The third kappa shape index (κ3) is 3.80. The number of carbonyl (C=O) groups is 1. The van der Waals surface area contributed by atoms with Crippen molar-refractivity contribution in [2.24, 2.45) is 0 Å². The number of anilines is 1. The number of aromatic nitrogens is 4. The number of fused-ring (bicyclic) bond motifs is 3. The molecule has 6 rings (SSSR count). The minimum atomic E-state index is 0.0678. The Morgan fingerprint density at radius 1 is 0.889 bits per heavy atom. The lowest BCUT2D eigenvalue weighted by Gasteiger charge is -2.35. The van der Waals surface area contributed by atoms with Crippen molar-refractivity contribution in [1.29, 1.82) is 0 Å². The van der Waals surface area contributed by atoms with Crippen molar-refractivity contribution in [3.63, 3.8) is 0 Å². The molecule has 0 spiro atoms. The molecule has 1 fully saturated rings. The normalized spacial score (nSPS) is 13.9. The van der Waals surface area contributed by atoms with E-state index in [1.807, 2.05) is 89.0 Å². The van der Waals surface area contributed by atoms with Crippen molar-refractivity contribution in [1.82, 2.24) is 24.5 Å². The lowest BCUT2D eigenvalue weighted by atomic mass is 10.1. The van der Waals surface area contributed by atoms with Gasteiger partial charge in [0.15, 0.2) is 11.5 Å². The smallest absolute Gasteiger partial charge is 0.253 e. The largest absolute Gasteiger partial charge is 0.497 e. The van der Waals surface area contributed by atoms with Gasteiger partial charge in [-0.2, -0.15) is 0 Å². The van der Waals surface area contributed by atoms with Gasteiger partial charge >= 0.3 is 0 Å². The van der Waals surface area contributed by atoms with E-state index < -0.39 is 0 Å². The number of methoxy groups -OCH3 is 1. The zero-order valence-corrected chi connectivity index (χ0v) is 20.3. The van der Waals surface area contributed by atoms with Crippen molar-refractivity contribution in [3.05, 3.63) is 83.9 Å². The highest BCUT2D eigenvalue weighted by atomic mass is 16.5. The van der Waals surface area contributed by atoms with E-state index in [1.165, 1.54) is 0 Å². The summed E-state index contributed by atoms with van der Waals surface area (Å²) in [6.07, 6.45) is 0. The van der Waals surface area contributed by atoms with Gasteiger partial charge in [0, 0.05) is 42.7 Å². The number of hydrogen-bond acceptors (Lipinski definition) is 6. The first-order valence-corrected chi connectivity index (χ1v) is 12.0. The van der Waals surface area contributed by atoms with Gasteiger partial charge in [-0.25, -0.2) is 9.38 Å². The van der Waals surface area contributed by atoms with Crippen LogP contribution in [0.15, 0.2) is 72.8 Å². The zero-order valence-electron chi connectivity index (χ0n) is 20.3. The van der Waals surface area contributed by atoms with E-state index >= 15 is 0 Å². The van der Waals surface area contributed by atoms with E-state index in [0.29, 0.717) is 26.2 Å². The number of amides is 1. The van der Waals surface area contributed by atoms with Crippen molar-refractivity contribution >= 4 is 28.4 Å². The van der Waals surface area contributed by atoms with Crippen LogP contribution < -0.4 is 9.64 Å². The molecule has 1 saturated heterocycles. The third-order valence-electron chi connectivity index (χ3n) is 6.69. The molecule has 8 nitrogen and oxygen atoms in total. The van der Waals surface area contributed by atoms with E-state index in [4.69, 9.17) is 9.72 Å². The number of ether oxygens (including phenoxy) is 1. The molecule has 1 amide bonds. The van der Waals surface area contributed by atoms with Crippen molar-refractivity contribution in [2.75, 3.05) is 38.2 Å². The highest BCUT2D eigenvalue weighted by molar-refractivity contribution is 5.95. The van der Waals surface area contributed by atoms with Gasteiger partial charge in [-0.1, -0.05) is 29.8 Å². The number of aryl methyl sites for hydroxylation is 1. The van der Waals surface area contributed by atoms with Gasteiger partial charge < -0.3 is 14.5 Å². The Morgan fingerprint density at radius 2 is 1.67 bits per heavy atom. The first-order chi connectivity index (χ1) is 17.6. The lowest BCUT2D eigenvalue weighted by molar-refractivity contribution is 0.0746. The van der Waals surface area contributed by atoms with Crippen molar-refractivity contribution in [2.45, 2.75) is 6.92 Å². The molecule has 0 atom stereocenters. The Hall–Kier alpha value is -4.46. The molecule has 180 valence electrons. The fourth-order valence-corrected chi connectivity index (χ4v) is 4.78. The van der Waals surface area contributed by atoms with Gasteiger partial charge in [0.1, 0.15) is 5.75 Å². The summed E-state index contributed by atoms with van der Waals surface area (Å²) in [4.78, 5) is 22.3. The first kappa shape index (κ1) is 22.0. The maximum absolute atomic E-state index is 13.1. The highest BCUT2D eigenvalue weighted by Crippen LogP contribution is 2.30. The van der Waals surface area contributed by atoms with Gasteiger partial charge in [0.05, 0.1) is 12.6 Å². The van der Waals surface area contributed by atoms with Gasteiger partial charge in [0.2, 0.25) is 5.95 Å². The molecule has 0 unspecified atom stereocenters.